The molecular weight excluding hydrogens is 809 g/mol. The van der Waals surface area contributed by atoms with Crippen LogP contribution in [0, 0.1) is 0 Å². The average molecular weight is 893 g/mol. The van der Waals surface area contributed by atoms with E-state index in [9.17, 15) is 20.4 Å². The molecule has 0 saturated heterocycles. The van der Waals surface area contributed by atoms with Gasteiger partial charge in [-0.2, -0.15) is 0 Å². The van der Waals surface area contributed by atoms with Crippen LogP contribution >= 0.6 is 0 Å². The first-order chi connectivity index (χ1) is 32.4. The van der Waals surface area contributed by atoms with Crippen molar-refractivity contribution in [2.75, 3.05) is 0 Å². The van der Waals surface area contributed by atoms with Crippen molar-refractivity contribution in [1.29, 1.82) is 0 Å². The first-order valence-electron chi connectivity index (χ1n) is 24.5. The highest BCUT2D eigenvalue weighted by Crippen LogP contribution is 2.38. The maximum atomic E-state index is 9.65. The third-order valence-electron chi connectivity index (χ3n) is 9.15. The number of fused-ring (bicyclic) bond motifs is 2. The van der Waals surface area contributed by atoms with Crippen molar-refractivity contribution in [1.82, 2.24) is 0 Å². The fourth-order valence-electron chi connectivity index (χ4n) is 6.69. The van der Waals surface area contributed by atoms with E-state index in [0.717, 1.165) is 22.3 Å². The Hall–Kier alpha value is -6.52. The highest BCUT2D eigenvalue weighted by atomic mass is 16.3. The van der Waals surface area contributed by atoms with E-state index in [-0.39, 0.29) is 34.8 Å². The predicted octanol–water partition coefficient (Wildman–Crippen LogP) is 19.1. The molecule has 8 rings (SSSR count). The van der Waals surface area contributed by atoms with Crippen LogP contribution in [0.15, 0.2) is 182 Å². The molecule has 0 fully saturated rings. The van der Waals surface area contributed by atoms with Crippen molar-refractivity contribution in [3.8, 4) is 23.0 Å². The zero-order chi connectivity index (χ0) is 50.5. The van der Waals surface area contributed by atoms with E-state index < -0.39 is 0 Å². The van der Waals surface area contributed by atoms with Gasteiger partial charge in [0.2, 0.25) is 0 Å². The van der Waals surface area contributed by atoms with Gasteiger partial charge >= 0.3 is 0 Å². The van der Waals surface area contributed by atoms with Crippen LogP contribution in [0.1, 0.15) is 156 Å². The van der Waals surface area contributed by atoms with E-state index in [2.05, 4.69) is 66.7 Å². The van der Waals surface area contributed by atoms with Crippen LogP contribution in [-0.4, -0.2) is 20.4 Å². The van der Waals surface area contributed by atoms with Gasteiger partial charge in [0.1, 0.15) is 23.0 Å². The maximum Gasteiger partial charge on any atom is 0.115 e. The minimum absolute atomic E-state index is 0.0206. The van der Waals surface area contributed by atoms with Crippen molar-refractivity contribution in [2.24, 2.45) is 0 Å². The largest absolute Gasteiger partial charge is 0.508 e. The number of rotatable bonds is 6. The van der Waals surface area contributed by atoms with E-state index in [0.29, 0.717) is 0 Å². The molecule has 8 aromatic carbocycles. The van der Waals surface area contributed by atoms with Crippen molar-refractivity contribution >= 4 is 21.5 Å². The Morgan fingerprint density at radius 2 is 0.530 bits per heavy atom. The molecule has 0 aliphatic heterocycles. The summed E-state index contributed by atoms with van der Waals surface area (Å²) in [4.78, 5) is 0. The van der Waals surface area contributed by atoms with Crippen molar-refractivity contribution < 1.29 is 20.4 Å². The van der Waals surface area contributed by atoms with Gasteiger partial charge in [0, 0.05) is 11.8 Å². The number of phenolic OH excluding ortho intramolecular Hbond substituents is 4. The van der Waals surface area contributed by atoms with Gasteiger partial charge < -0.3 is 20.4 Å². The molecule has 4 nitrogen and oxygen atoms in total. The summed E-state index contributed by atoms with van der Waals surface area (Å²) in [5.74, 6) is 1.08. The Morgan fingerprint density at radius 1 is 0.242 bits per heavy atom. The SMILES string of the molecule is CC.CC.CC.CC.CC.CC.CC.CC.Oc1ccc(C(c2ccc(O)cc2)c2ccc3ccccc3c2)cc1.Oc1ccc(C(c2ccc(O)cc2)c2cccc3ccccc23)cc1. The molecule has 8 aromatic rings. The van der Waals surface area contributed by atoms with Crippen molar-refractivity contribution in [3.05, 3.63) is 215 Å². The van der Waals surface area contributed by atoms with E-state index in [1.807, 2.05) is 178 Å². The van der Waals surface area contributed by atoms with E-state index in [4.69, 9.17) is 0 Å². The number of benzene rings is 8. The number of phenols is 4. The zero-order valence-electron chi connectivity index (χ0n) is 43.3. The fourth-order valence-corrected chi connectivity index (χ4v) is 6.69. The third kappa shape index (κ3) is 18.9. The summed E-state index contributed by atoms with van der Waals surface area (Å²) in [6.07, 6.45) is 0. The normalized spacial score (nSPS) is 9.12. The molecule has 66 heavy (non-hydrogen) atoms. The minimum Gasteiger partial charge on any atom is -0.508 e. The second-order valence-corrected chi connectivity index (χ2v) is 12.4. The van der Waals surface area contributed by atoms with Gasteiger partial charge in [0.15, 0.2) is 0 Å². The predicted molar refractivity (Wildman–Crippen MR) is 293 cm³/mol. The number of aromatic hydroxyl groups is 4. The van der Waals surface area contributed by atoms with Gasteiger partial charge in [-0.15, -0.1) is 0 Å². The molecule has 0 radical (unpaired) electrons. The molecular formula is C62H84O4. The fraction of sp³-hybridized carbons (Fsp3) is 0.290. The first-order valence-corrected chi connectivity index (χ1v) is 24.5. The molecule has 0 unspecified atom stereocenters. The molecule has 4 N–H and O–H groups in total. The summed E-state index contributed by atoms with van der Waals surface area (Å²) < 4.78 is 0. The van der Waals surface area contributed by atoms with Gasteiger partial charge in [-0.25, -0.2) is 0 Å². The van der Waals surface area contributed by atoms with Crippen LogP contribution < -0.4 is 0 Å². The van der Waals surface area contributed by atoms with Crippen LogP contribution in [0.4, 0.5) is 0 Å². The van der Waals surface area contributed by atoms with Crippen molar-refractivity contribution in [3.63, 3.8) is 0 Å². The molecule has 0 aliphatic rings. The number of hydrogen-bond donors (Lipinski definition) is 4. The lowest BCUT2D eigenvalue weighted by Gasteiger charge is -2.21. The Balaban J connectivity index is 0. The van der Waals surface area contributed by atoms with Crippen LogP contribution in [0.3, 0.4) is 0 Å². The molecule has 0 amide bonds. The minimum atomic E-state index is 0.0206. The Morgan fingerprint density at radius 3 is 0.909 bits per heavy atom. The number of hydrogen-bond acceptors (Lipinski definition) is 4. The third-order valence-corrected chi connectivity index (χ3v) is 9.15. The summed E-state index contributed by atoms with van der Waals surface area (Å²) in [5.41, 5.74) is 6.77. The molecule has 356 valence electrons. The van der Waals surface area contributed by atoms with Gasteiger partial charge in [-0.3, -0.25) is 0 Å². The van der Waals surface area contributed by atoms with Crippen LogP contribution in [0.25, 0.3) is 21.5 Å². The standard InChI is InChI=1S/2C23H18O2.8C2H6/c24-19-12-8-17(9-13-19)23(18-10-14-20(25)15-11-18)22-7-3-5-16-4-1-2-6-21(16)22;24-21-11-7-17(8-12-21)23(18-9-13-22(25)14-10-18)20-6-5-16-3-1-2-4-19(16)15-20;8*1-2/h2*1-15,23-25H;8*1-2H3. The van der Waals surface area contributed by atoms with Gasteiger partial charge in [-0.1, -0.05) is 244 Å². The smallest absolute Gasteiger partial charge is 0.115 e. The maximum absolute atomic E-state index is 9.65. The Kier molecular flexibility index (Phi) is 35.3. The highest BCUT2D eigenvalue weighted by molar-refractivity contribution is 5.87. The van der Waals surface area contributed by atoms with Crippen LogP contribution in [-0.2, 0) is 0 Å². The molecule has 0 bridgehead atoms. The lowest BCUT2D eigenvalue weighted by Crippen LogP contribution is -2.04. The van der Waals surface area contributed by atoms with Gasteiger partial charge in [0.05, 0.1) is 0 Å². The topological polar surface area (TPSA) is 80.9 Å². The monoisotopic (exact) mass is 893 g/mol. The van der Waals surface area contributed by atoms with Gasteiger partial charge in [0.25, 0.3) is 0 Å². The molecule has 0 atom stereocenters. The second-order valence-electron chi connectivity index (χ2n) is 12.4. The highest BCUT2D eigenvalue weighted by Gasteiger charge is 2.20. The Labute approximate surface area is 401 Å². The molecule has 4 heteroatoms. The van der Waals surface area contributed by atoms with E-state index in [1.165, 1.54) is 32.7 Å². The van der Waals surface area contributed by atoms with E-state index >= 15 is 0 Å². The van der Waals surface area contributed by atoms with Crippen LogP contribution in [0.5, 0.6) is 23.0 Å². The summed E-state index contributed by atoms with van der Waals surface area (Å²) in [6, 6.07) is 58.8. The summed E-state index contributed by atoms with van der Waals surface area (Å²) in [7, 11) is 0. The summed E-state index contributed by atoms with van der Waals surface area (Å²) in [5, 5.41) is 43.4. The molecule has 0 aromatic heterocycles. The first kappa shape index (κ1) is 61.6. The van der Waals surface area contributed by atoms with Crippen molar-refractivity contribution in [2.45, 2.75) is 123 Å². The Bertz CT molecular complexity index is 2240. The molecule has 0 heterocycles. The lowest BCUT2D eigenvalue weighted by molar-refractivity contribution is 0.474. The van der Waals surface area contributed by atoms with E-state index in [1.54, 1.807) is 48.5 Å². The summed E-state index contributed by atoms with van der Waals surface area (Å²) >= 11 is 0. The zero-order valence-corrected chi connectivity index (χ0v) is 43.3. The average Bonchev–Trinajstić information content (AvgIpc) is 3.41. The molecule has 0 aliphatic carbocycles. The molecule has 0 saturated carbocycles. The lowest BCUT2D eigenvalue weighted by atomic mass is 9.83. The quantitative estimate of drug-likeness (QED) is 0.125. The summed E-state index contributed by atoms with van der Waals surface area (Å²) in [6.45, 7) is 32.0. The second kappa shape index (κ2) is 37.8. The van der Waals surface area contributed by atoms with Gasteiger partial charge in [-0.05, 0) is 103 Å². The van der Waals surface area contributed by atoms with Crippen LogP contribution in [0.2, 0.25) is 0 Å². The molecule has 0 spiro atoms.